The molecule has 0 unspecified atom stereocenters. The van der Waals surface area contributed by atoms with Gasteiger partial charge < -0.3 is 20.1 Å². The van der Waals surface area contributed by atoms with Crippen LogP contribution in [0.15, 0.2) is 29.3 Å². The number of guanidine groups is 1. The molecule has 1 aromatic rings. The van der Waals surface area contributed by atoms with Gasteiger partial charge in [-0.05, 0) is 37.8 Å². The van der Waals surface area contributed by atoms with Gasteiger partial charge in [-0.15, -0.1) is 0 Å². The van der Waals surface area contributed by atoms with E-state index in [4.69, 9.17) is 9.47 Å². The van der Waals surface area contributed by atoms with Crippen molar-refractivity contribution < 1.29 is 9.47 Å². The van der Waals surface area contributed by atoms with Gasteiger partial charge in [0.2, 0.25) is 0 Å². The van der Waals surface area contributed by atoms with Gasteiger partial charge >= 0.3 is 0 Å². The van der Waals surface area contributed by atoms with Gasteiger partial charge in [-0.2, -0.15) is 11.8 Å². The minimum absolute atomic E-state index is 0.179. The van der Waals surface area contributed by atoms with E-state index in [1.165, 1.54) is 5.56 Å². The van der Waals surface area contributed by atoms with Crippen LogP contribution in [0.2, 0.25) is 0 Å². The number of ether oxygens (including phenoxy) is 2. The van der Waals surface area contributed by atoms with Crippen LogP contribution in [0.3, 0.4) is 0 Å². The predicted molar refractivity (Wildman–Crippen MR) is 99.6 cm³/mol. The lowest BCUT2D eigenvalue weighted by Crippen LogP contribution is -2.42. The van der Waals surface area contributed by atoms with Gasteiger partial charge in [0.15, 0.2) is 5.96 Å². The van der Waals surface area contributed by atoms with Crippen molar-refractivity contribution in [3.05, 3.63) is 29.8 Å². The van der Waals surface area contributed by atoms with Gasteiger partial charge in [0.05, 0.1) is 6.61 Å². The number of aliphatic imine (C=N–C) groups is 1. The first-order chi connectivity index (χ1) is 11.0. The highest BCUT2D eigenvalue weighted by Crippen LogP contribution is 2.19. The number of thioether (sulfide) groups is 1. The predicted octanol–water partition coefficient (Wildman–Crippen LogP) is 2.52. The number of benzene rings is 1. The molecule has 0 saturated heterocycles. The Morgan fingerprint density at radius 3 is 2.43 bits per heavy atom. The van der Waals surface area contributed by atoms with E-state index in [2.05, 4.69) is 35.7 Å². The first kappa shape index (κ1) is 19.6. The molecule has 0 saturated carbocycles. The summed E-state index contributed by atoms with van der Waals surface area (Å²) in [6.07, 6.45) is 2.12. The van der Waals surface area contributed by atoms with Gasteiger partial charge in [0.1, 0.15) is 12.4 Å². The van der Waals surface area contributed by atoms with Crippen LogP contribution in [0.4, 0.5) is 0 Å². The molecule has 5 nitrogen and oxygen atoms in total. The van der Waals surface area contributed by atoms with Crippen molar-refractivity contribution in [2.24, 2.45) is 4.99 Å². The number of rotatable bonds is 9. The van der Waals surface area contributed by atoms with Crippen molar-refractivity contribution in [2.45, 2.75) is 25.1 Å². The topological polar surface area (TPSA) is 54.9 Å². The Bertz CT molecular complexity index is 475. The van der Waals surface area contributed by atoms with E-state index in [1.807, 2.05) is 36.0 Å². The van der Waals surface area contributed by atoms with Crippen LogP contribution < -0.4 is 15.4 Å². The molecular weight excluding hydrogens is 310 g/mol. The van der Waals surface area contributed by atoms with E-state index in [0.717, 1.165) is 24.8 Å². The fraction of sp³-hybridized carbons (Fsp3) is 0.588. The maximum absolute atomic E-state index is 5.55. The molecule has 0 atom stereocenters. The van der Waals surface area contributed by atoms with Crippen LogP contribution >= 0.6 is 11.8 Å². The van der Waals surface area contributed by atoms with Crippen LogP contribution in [0.5, 0.6) is 5.75 Å². The lowest BCUT2D eigenvalue weighted by Gasteiger charge is -2.23. The summed E-state index contributed by atoms with van der Waals surface area (Å²) in [7, 11) is 3.45. The third-order valence-corrected chi connectivity index (χ3v) is 4.65. The molecule has 0 aliphatic carbocycles. The Kier molecular flexibility index (Phi) is 8.87. The average Bonchev–Trinajstić information content (AvgIpc) is 2.56. The summed E-state index contributed by atoms with van der Waals surface area (Å²) in [5.74, 6) is 1.67. The van der Waals surface area contributed by atoms with Gasteiger partial charge in [0.25, 0.3) is 0 Å². The lowest BCUT2D eigenvalue weighted by molar-refractivity contribution is 0.146. The molecule has 0 aromatic heterocycles. The fourth-order valence-corrected chi connectivity index (χ4v) is 1.94. The largest absolute Gasteiger partial charge is 0.491 e. The van der Waals surface area contributed by atoms with Crippen LogP contribution in [-0.2, 0) is 11.3 Å². The zero-order chi connectivity index (χ0) is 17.1. The summed E-state index contributed by atoms with van der Waals surface area (Å²) in [5, 5.41) is 6.68. The molecule has 0 bridgehead atoms. The monoisotopic (exact) mass is 339 g/mol. The highest BCUT2D eigenvalue weighted by molar-refractivity contribution is 7.99. The second-order valence-corrected chi connectivity index (χ2v) is 7.24. The summed E-state index contributed by atoms with van der Waals surface area (Å²) < 4.78 is 10.7. The molecule has 0 amide bonds. The molecule has 1 rings (SSSR count). The molecule has 0 aliphatic heterocycles. The van der Waals surface area contributed by atoms with E-state index >= 15 is 0 Å². The highest BCUT2D eigenvalue weighted by atomic mass is 32.2. The molecule has 0 heterocycles. The van der Waals surface area contributed by atoms with Crippen molar-refractivity contribution >= 4 is 17.7 Å². The van der Waals surface area contributed by atoms with Crippen molar-refractivity contribution in [2.75, 3.05) is 40.2 Å². The maximum atomic E-state index is 5.55. The Morgan fingerprint density at radius 1 is 1.17 bits per heavy atom. The number of hydrogen-bond acceptors (Lipinski definition) is 4. The van der Waals surface area contributed by atoms with Gasteiger partial charge in [-0.25, -0.2) is 0 Å². The Morgan fingerprint density at radius 2 is 1.87 bits per heavy atom. The normalized spacial score (nSPS) is 12.1. The van der Waals surface area contributed by atoms with Crippen molar-refractivity contribution in [1.29, 1.82) is 0 Å². The SMILES string of the molecule is CN=C(NCc1ccc(OCCOC)cc1)NCC(C)(C)SC. The summed E-state index contributed by atoms with van der Waals surface area (Å²) in [6.45, 7) is 7.16. The van der Waals surface area contributed by atoms with Gasteiger partial charge in [0, 0.05) is 32.0 Å². The minimum atomic E-state index is 0.179. The molecule has 0 aliphatic rings. The first-order valence-electron chi connectivity index (χ1n) is 7.71. The molecule has 2 N–H and O–H groups in total. The standard InChI is InChI=1S/C17H29N3O2S/c1-17(2,23-5)13-20-16(18-3)19-12-14-6-8-15(9-7-14)22-11-10-21-4/h6-9H,10-13H2,1-5H3,(H2,18,19,20). The number of methoxy groups -OCH3 is 1. The van der Waals surface area contributed by atoms with E-state index in [9.17, 15) is 0 Å². The van der Waals surface area contributed by atoms with Crippen LogP contribution in [0, 0.1) is 0 Å². The lowest BCUT2D eigenvalue weighted by atomic mass is 10.2. The van der Waals surface area contributed by atoms with Crippen molar-refractivity contribution in [3.63, 3.8) is 0 Å². The van der Waals surface area contributed by atoms with E-state index < -0.39 is 0 Å². The molecule has 0 radical (unpaired) electrons. The highest BCUT2D eigenvalue weighted by Gasteiger charge is 2.15. The number of nitrogens with one attached hydrogen (secondary N) is 2. The summed E-state index contributed by atoms with van der Waals surface area (Å²) >= 11 is 1.84. The summed E-state index contributed by atoms with van der Waals surface area (Å²) in [4.78, 5) is 4.25. The van der Waals surface area contributed by atoms with E-state index in [1.54, 1.807) is 14.2 Å². The summed E-state index contributed by atoms with van der Waals surface area (Å²) in [6, 6.07) is 8.04. The second-order valence-electron chi connectivity index (χ2n) is 5.73. The van der Waals surface area contributed by atoms with E-state index in [-0.39, 0.29) is 4.75 Å². The van der Waals surface area contributed by atoms with E-state index in [0.29, 0.717) is 13.2 Å². The zero-order valence-electron chi connectivity index (χ0n) is 14.8. The Balaban J connectivity index is 2.40. The molecular formula is C17H29N3O2S. The molecule has 130 valence electrons. The van der Waals surface area contributed by atoms with Crippen molar-refractivity contribution in [3.8, 4) is 5.75 Å². The molecule has 6 heteroatoms. The van der Waals surface area contributed by atoms with Gasteiger partial charge in [-0.1, -0.05) is 12.1 Å². The van der Waals surface area contributed by atoms with Crippen LogP contribution in [0.25, 0.3) is 0 Å². The van der Waals surface area contributed by atoms with Crippen molar-refractivity contribution in [1.82, 2.24) is 10.6 Å². The molecule has 0 spiro atoms. The van der Waals surface area contributed by atoms with Crippen LogP contribution in [0.1, 0.15) is 19.4 Å². The maximum Gasteiger partial charge on any atom is 0.191 e. The quantitative estimate of drug-likeness (QED) is 0.411. The second kappa shape index (κ2) is 10.4. The van der Waals surface area contributed by atoms with Gasteiger partial charge in [-0.3, -0.25) is 4.99 Å². The smallest absolute Gasteiger partial charge is 0.191 e. The first-order valence-corrected chi connectivity index (χ1v) is 8.93. The third kappa shape index (κ3) is 8.13. The fourth-order valence-electron chi connectivity index (χ4n) is 1.72. The third-order valence-electron chi connectivity index (χ3n) is 3.40. The molecule has 1 aromatic carbocycles. The Hall–Kier alpha value is -1.40. The zero-order valence-corrected chi connectivity index (χ0v) is 15.6. The number of nitrogens with zero attached hydrogens (tertiary/aromatic N) is 1. The molecule has 23 heavy (non-hydrogen) atoms. The number of hydrogen-bond donors (Lipinski definition) is 2. The van der Waals surface area contributed by atoms with Crippen LogP contribution in [-0.4, -0.2) is 50.9 Å². The average molecular weight is 340 g/mol. The Labute approximate surface area is 144 Å². The summed E-state index contributed by atoms with van der Waals surface area (Å²) in [5.41, 5.74) is 1.18. The molecule has 0 fully saturated rings. The minimum Gasteiger partial charge on any atom is -0.491 e.